The van der Waals surface area contributed by atoms with E-state index >= 15 is 0 Å². The van der Waals surface area contributed by atoms with Crippen molar-refractivity contribution in [2.24, 2.45) is 7.05 Å². The van der Waals surface area contributed by atoms with E-state index in [9.17, 15) is 4.79 Å². The van der Waals surface area contributed by atoms with Gasteiger partial charge in [-0.2, -0.15) is 0 Å². The Balaban J connectivity index is 2.85. The molecule has 1 aromatic carbocycles. The summed E-state index contributed by atoms with van der Waals surface area (Å²) >= 11 is 0. The van der Waals surface area contributed by atoms with Gasteiger partial charge >= 0.3 is 0 Å². The number of ether oxygens (including phenoxy) is 2. The molecule has 0 saturated heterocycles. The maximum atomic E-state index is 10.9. The van der Waals surface area contributed by atoms with Crippen LogP contribution < -0.4 is 9.47 Å². The monoisotopic (exact) mass is 219 g/mol. The molecule has 0 fully saturated rings. The van der Waals surface area contributed by atoms with Crippen LogP contribution in [0.2, 0.25) is 0 Å². The van der Waals surface area contributed by atoms with Crippen molar-refractivity contribution in [3.05, 3.63) is 23.9 Å². The summed E-state index contributed by atoms with van der Waals surface area (Å²) in [4.78, 5) is 10.9. The van der Waals surface area contributed by atoms with Gasteiger partial charge in [0, 0.05) is 30.3 Å². The first-order valence-electron chi connectivity index (χ1n) is 4.87. The van der Waals surface area contributed by atoms with Gasteiger partial charge in [0.25, 0.3) is 0 Å². The summed E-state index contributed by atoms with van der Waals surface area (Å²) in [5.41, 5.74) is 1.53. The molecule has 16 heavy (non-hydrogen) atoms. The van der Waals surface area contributed by atoms with E-state index < -0.39 is 0 Å². The smallest absolute Gasteiger partial charge is 0.152 e. The summed E-state index contributed by atoms with van der Waals surface area (Å²) in [5.74, 6) is 1.38. The summed E-state index contributed by atoms with van der Waals surface area (Å²) in [6.45, 7) is 0. The second-order valence-corrected chi connectivity index (χ2v) is 3.54. The SMILES string of the molecule is COc1cc(OC)c2c(c1)c(C=O)cn2C. The van der Waals surface area contributed by atoms with Gasteiger partial charge in [0.2, 0.25) is 0 Å². The number of nitrogens with zero attached hydrogens (tertiary/aromatic N) is 1. The molecule has 0 unspecified atom stereocenters. The van der Waals surface area contributed by atoms with Gasteiger partial charge in [-0.1, -0.05) is 0 Å². The summed E-state index contributed by atoms with van der Waals surface area (Å²) in [6, 6.07) is 3.64. The highest BCUT2D eigenvalue weighted by Gasteiger charge is 2.12. The van der Waals surface area contributed by atoms with Crippen molar-refractivity contribution in [3.8, 4) is 11.5 Å². The Kier molecular flexibility index (Phi) is 2.56. The van der Waals surface area contributed by atoms with Crippen LogP contribution in [0.4, 0.5) is 0 Å². The molecule has 0 saturated carbocycles. The molecule has 0 radical (unpaired) electrons. The third kappa shape index (κ3) is 1.43. The Morgan fingerprint density at radius 1 is 1.25 bits per heavy atom. The molecule has 84 valence electrons. The summed E-state index contributed by atoms with van der Waals surface area (Å²) in [5, 5.41) is 0.841. The van der Waals surface area contributed by atoms with Crippen LogP contribution in [0.15, 0.2) is 18.3 Å². The van der Waals surface area contributed by atoms with Crippen molar-refractivity contribution in [2.75, 3.05) is 14.2 Å². The average Bonchev–Trinajstić information content (AvgIpc) is 2.65. The number of carbonyl (C=O) groups excluding carboxylic acids is 1. The number of aromatic nitrogens is 1. The summed E-state index contributed by atoms with van der Waals surface area (Å²) in [7, 11) is 5.07. The molecule has 0 spiro atoms. The predicted octanol–water partition coefficient (Wildman–Crippen LogP) is 2.01. The molecule has 0 aliphatic rings. The molecule has 1 heterocycles. The number of rotatable bonds is 3. The largest absolute Gasteiger partial charge is 0.497 e. The molecule has 0 amide bonds. The molecule has 1 aromatic heterocycles. The standard InChI is InChI=1S/C12H13NO3/c1-13-6-8(7-14)10-4-9(15-2)5-11(16-3)12(10)13/h4-7H,1-3H3. The topological polar surface area (TPSA) is 40.5 Å². The second kappa shape index (κ2) is 3.89. The van der Waals surface area contributed by atoms with E-state index in [1.165, 1.54) is 0 Å². The molecule has 0 N–H and O–H groups in total. The van der Waals surface area contributed by atoms with Crippen LogP contribution in [0.25, 0.3) is 10.9 Å². The number of carbonyl (C=O) groups is 1. The minimum Gasteiger partial charge on any atom is -0.497 e. The van der Waals surface area contributed by atoms with Gasteiger partial charge in [-0.05, 0) is 6.07 Å². The molecule has 0 aliphatic carbocycles. The first-order valence-corrected chi connectivity index (χ1v) is 4.87. The lowest BCUT2D eigenvalue weighted by Crippen LogP contribution is -1.92. The van der Waals surface area contributed by atoms with Crippen molar-refractivity contribution in [2.45, 2.75) is 0 Å². The number of fused-ring (bicyclic) bond motifs is 1. The van der Waals surface area contributed by atoms with E-state index in [0.717, 1.165) is 17.2 Å². The molecule has 2 aromatic rings. The zero-order chi connectivity index (χ0) is 11.7. The Labute approximate surface area is 93.4 Å². The highest BCUT2D eigenvalue weighted by Crippen LogP contribution is 2.33. The maximum Gasteiger partial charge on any atom is 0.152 e. The van der Waals surface area contributed by atoms with E-state index in [1.807, 2.05) is 17.7 Å². The zero-order valence-corrected chi connectivity index (χ0v) is 9.48. The highest BCUT2D eigenvalue weighted by molar-refractivity contribution is 6.00. The van der Waals surface area contributed by atoms with Crippen LogP contribution in [-0.4, -0.2) is 25.1 Å². The van der Waals surface area contributed by atoms with Gasteiger partial charge in [-0.15, -0.1) is 0 Å². The van der Waals surface area contributed by atoms with E-state index in [-0.39, 0.29) is 0 Å². The van der Waals surface area contributed by atoms with Crippen LogP contribution in [-0.2, 0) is 7.05 Å². The van der Waals surface area contributed by atoms with E-state index in [4.69, 9.17) is 9.47 Å². The molecule has 4 nitrogen and oxygen atoms in total. The van der Waals surface area contributed by atoms with E-state index in [0.29, 0.717) is 17.1 Å². The fourth-order valence-corrected chi connectivity index (χ4v) is 1.88. The lowest BCUT2D eigenvalue weighted by molar-refractivity contribution is 0.112. The third-order valence-corrected chi connectivity index (χ3v) is 2.63. The number of hydrogen-bond donors (Lipinski definition) is 0. The van der Waals surface area contributed by atoms with Gasteiger partial charge in [-0.25, -0.2) is 0 Å². The van der Waals surface area contributed by atoms with Crippen molar-refractivity contribution in [3.63, 3.8) is 0 Å². The minimum absolute atomic E-state index is 0.634. The molecule has 2 rings (SSSR count). The van der Waals surface area contributed by atoms with Gasteiger partial charge in [0.1, 0.15) is 11.5 Å². The lowest BCUT2D eigenvalue weighted by atomic mass is 10.1. The Morgan fingerprint density at radius 3 is 2.56 bits per heavy atom. The van der Waals surface area contributed by atoms with E-state index in [2.05, 4.69) is 0 Å². The normalized spacial score (nSPS) is 10.4. The number of aryl methyl sites for hydroxylation is 1. The predicted molar refractivity (Wildman–Crippen MR) is 61.4 cm³/mol. The van der Waals surface area contributed by atoms with Crippen LogP contribution in [0, 0.1) is 0 Å². The van der Waals surface area contributed by atoms with Crippen molar-refractivity contribution in [1.82, 2.24) is 4.57 Å². The Hall–Kier alpha value is -1.97. The second-order valence-electron chi connectivity index (χ2n) is 3.54. The Morgan fingerprint density at radius 2 is 2.00 bits per heavy atom. The molecule has 0 atom stereocenters. The fraction of sp³-hybridized carbons (Fsp3) is 0.250. The number of methoxy groups -OCH3 is 2. The van der Waals surface area contributed by atoms with Gasteiger partial charge in [0.05, 0.1) is 19.7 Å². The van der Waals surface area contributed by atoms with Gasteiger partial charge in [0.15, 0.2) is 6.29 Å². The maximum absolute atomic E-state index is 10.9. The summed E-state index contributed by atoms with van der Waals surface area (Å²) < 4.78 is 12.3. The van der Waals surface area contributed by atoms with Gasteiger partial charge in [-0.3, -0.25) is 4.79 Å². The first kappa shape index (κ1) is 10.5. The van der Waals surface area contributed by atoms with Crippen molar-refractivity contribution in [1.29, 1.82) is 0 Å². The van der Waals surface area contributed by atoms with Crippen molar-refractivity contribution >= 4 is 17.2 Å². The molecular formula is C12H13NO3. The number of benzene rings is 1. The quantitative estimate of drug-likeness (QED) is 0.741. The lowest BCUT2D eigenvalue weighted by Gasteiger charge is -2.07. The molecular weight excluding hydrogens is 206 g/mol. The van der Waals surface area contributed by atoms with Crippen LogP contribution in [0.1, 0.15) is 10.4 Å². The van der Waals surface area contributed by atoms with Crippen LogP contribution in [0.5, 0.6) is 11.5 Å². The van der Waals surface area contributed by atoms with Crippen LogP contribution >= 0.6 is 0 Å². The minimum atomic E-state index is 0.634. The fourth-order valence-electron chi connectivity index (χ4n) is 1.88. The molecule has 0 aliphatic heterocycles. The number of hydrogen-bond acceptors (Lipinski definition) is 3. The third-order valence-electron chi connectivity index (χ3n) is 2.63. The molecule has 0 bridgehead atoms. The van der Waals surface area contributed by atoms with Crippen molar-refractivity contribution < 1.29 is 14.3 Å². The Bertz CT molecular complexity index is 543. The first-order chi connectivity index (χ1) is 7.71. The molecule has 4 heteroatoms. The summed E-state index contributed by atoms with van der Waals surface area (Å²) in [6.07, 6.45) is 2.61. The van der Waals surface area contributed by atoms with Crippen LogP contribution in [0.3, 0.4) is 0 Å². The average molecular weight is 219 g/mol. The van der Waals surface area contributed by atoms with E-state index in [1.54, 1.807) is 26.5 Å². The zero-order valence-electron chi connectivity index (χ0n) is 9.48. The highest BCUT2D eigenvalue weighted by atomic mass is 16.5. The van der Waals surface area contributed by atoms with Gasteiger partial charge < -0.3 is 14.0 Å². The number of aldehydes is 1.